The Hall–Kier alpha value is -1.51. The lowest BCUT2D eigenvalue weighted by atomic mass is 9.90. The molecule has 2 rings (SSSR count). The predicted octanol–water partition coefficient (Wildman–Crippen LogP) is 2.46. The molecule has 3 heteroatoms. The van der Waals surface area contributed by atoms with Gasteiger partial charge >= 0.3 is 0 Å². The molecule has 0 aromatic heterocycles. The molecule has 1 aromatic carbocycles. The molecule has 0 spiro atoms. The lowest BCUT2D eigenvalue weighted by Gasteiger charge is -2.24. The van der Waals surface area contributed by atoms with Gasteiger partial charge in [-0.25, -0.2) is 0 Å². The molecule has 0 aliphatic heterocycles. The average molecular weight is 247 g/mol. The van der Waals surface area contributed by atoms with E-state index in [0.29, 0.717) is 6.61 Å². The van der Waals surface area contributed by atoms with E-state index in [1.807, 2.05) is 26.0 Å². The first kappa shape index (κ1) is 12.9. The molecule has 1 amide bonds. The van der Waals surface area contributed by atoms with Crippen molar-refractivity contribution in [3.05, 3.63) is 29.3 Å². The summed E-state index contributed by atoms with van der Waals surface area (Å²) in [7, 11) is 0. The van der Waals surface area contributed by atoms with Crippen molar-refractivity contribution in [3.63, 3.8) is 0 Å². The van der Waals surface area contributed by atoms with Crippen molar-refractivity contribution in [2.75, 3.05) is 6.61 Å². The Balaban J connectivity index is 2.13. The molecule has 0 unspecified atom stereocenters. The quantitative estimate of drug-likeness (QED) is 0.888. The third kappa shape index (κ3) is 2.66. The van der Waals surface area contributed by atoms with Gasteiger partial charge in [-0.2, -0.15) is 0 Å². The van der Waals surface area contributed by atoms with Gasteiger partial charge in [-0.1, -0.05) is 12.1 Å². The Kier molecular flexibility index (Phi) is 3.60. The number of aryl methyl sites for hydroxylation is 1. The van der Waals surface area contributed by atoms with Crippen LogP contribution in [-0.4, -0.2) is 12.5 Å². The second kappa shape index (κ2) is 5.01. The third-order valence-electron chi connectivity index (χ3n) is 3.61. The molecule has 0 radical (unpaired) electrons. The molecule has 0 saturated carbocycles. The Labute approximate surface area is 108 Å². The summed E-state index contributed by atoms with van der Waals surface area (Å²) in [5.41, 5.74) is 7.42. The van der Waals surface area contributed by atoms with Crippen molar-refractivity contribution in [3.8, 4) is 5.75 Å². The molecular formula is C15H21NO2. The summed E-state index contributed by atoms with van der Waals surface area (Å²) in [6.07, 6.45) is 4.67. The normalized spacial score (nSPS) is 15.0. The van der Waals surface area contributed by atoms with Crippen LogP contribution < -0.4 is 10.5 Å². The van der Waals surface area contributed by atoms with Crippen molar-refractivity contribution in [1.82, 2.24) is 0 Å². The maximum absolute atomic E-state index is 11.3. The standard InChI is InChI=1S/C15H21NO2/c1-15(2,14(16)17)10-18-13-9-5-7-11-6-3-4-8-12(11)13/h5,7,9H,3-4,6,8,10H2,1-2H3,(H2,16,17). The molecule has 1 aromatic rings. The summed E-state index contributed by atoms with van der Waals surface area (Å²) < 4.78 is 5.83. The highest BCUT2D eigenvalue weighted by Crippen LogP contribution is 2.30. The molecule has 98 valence electrons. The Morgan fingerprint density at radius 3 is 2.78 bits per heavy atom. The highest BCUT2D eigenvalue weighted by molar-refractivity contribution is 5.80. The summed E-state index contributed by atoms with van der Waals surface area (Å²) >= 11 is 0. The Morgan fingerprint density at radius 1 is 1.33 bits per heavy atom. The first-order valence-electron chi connectivity index (χ1n) is 6.54. The van der Waals surface area contributed by atoms with E-state index in [-0.39, 0.29) is 5.91 Å². The van der Waals surface area contributed by atoms with Gasteiger partial charge in [0.25, 0.3) is 0 Å². The van der Waals surface area contributed by atoms with E-state index in [4.69, 9.17) is 10.5 Å². The molecule has 2 N–H and O–H groups in total. The van der Waals surface area contributed by atoms with Gasteiger partial charge < -0.3 is 10.5 Å². The minimum absolute atomic E-state index is 0.327. The van der Waals surface area contributed by atoms with Gasteiger partial charge in [0.05, 0.1) is 5.41 Å². The van der Waals surface area contributed by atoms with Crippen molar-refractivity contribution in [2.24, 2.45) is 11.1 Å². The number of amides is 1. The minimum atomic E-state index is -0.628. The topological polar surface area (TPSA) is 52.3 Å². The summed E-state index contributed by atoms with van der Waals surface area (Å²) in [6, 6.07) is 6.18. The van der Waals surface area contributed by atoms with Gasteiger partial charge in [-0.3, -0.25) is 4.79 Å². The van der Waals surface area contributed by atoms with Crippen LogP contribution in [0.2, 0.25) is 0 Å². The fourth-order valence-corrected chi connectivity index (χ4v) is 2.21. The number of hydrogen-bond acceptors (Lipinski definition) is 2. The average Bonchev–Trinajstić information content (AvgIpc) is 2.36. The van der Waals surface area contributed by atoms with Gasteiger partial charge in [-0.15, -0.1) is 0 Å². The fraction of sp³-hybridized carbons (Fsp3) is 0.533. The Bertz CT molecular complexity index is 452. The number of primary amides is 1. The monoisotopic (exact) mass is 247 g/mol. The molecule has 1 aliphatic rings. The molecule has 0 atom stereocenters. The van der Waals surface area contributed by atoms with Crippen LogP contribution in [0.3, 0.4) is 0 Å². The van der Waals surface area contributed by atoms with E-state index in [0.717, 1.165) is 18.6 Å². The highest BCUT2D eigenvalue weighted by atomic mass is 16.5. The molecule has 0 bridgehead atoms. The van der Waals surface area contributed by atoms with E-state index in [1.54, 1.807) is 0 Å². The smallest absolute Gasteiger partial charge is 0.226 e. The zero-order chi connectivity index (χ0) is 13.2. The minimum Gasteiger partial charge on any atom is -0.492 e. The summed E-state index contributed by atoms with van der Waals surface area (Å²) in [4.78, 5) is 11.3. The zero-order valence-corrected chi connectivity index (χ0v) is 11.2. The fourth-order valence-electron chi connectivity index (χ4n) is 2.21. The summed E-state index contributed by atoms with van der Waals surface area (Å²) in [6.45, 7) is 3.95. The van der Waals surface area contributed by atoms with Crippen LogP contribution in [0.5, 0.6) is 5.75 Å². The van der Waals surface area contributed by atoms with Gasteiger partial charge in [0, 0.05) is 0 Å². The Morgan fingerprint density at radius 2 is 2.06 bits per heavy atom. The van der Waals surface area contributed by atoms with E-state index < -0.39 is 5.41 Å². The second-order valence-electron chi connectivity index (χ2n) is 5.64. The third-order valence-corrected chi connectivity index (χ3v) is 3.61. The van der Waals surface area contributed by atoms with Crippen LogP contribution in [0.1, 0.15) is 37.8 Å². The van der Waals surface area contributed by atoms with Gasteiger partial charge in [0.15, 0.2) is 0 Å². The summed E-state index contributed by atoms with van der Waals surface area (Å²) in [5, 5.41) is 0. The lowest BCUT2D eigenvalue weighted by molar-refractivity contribution is -0.127. The van der Waals surface area contributed by atoms with Gasteiger partial charge in [-0.05, 0) is 56.7 Å². The van der Waals surface area contributed by atoms with Crippen LogP contribution in [0, 0.1) is 5.41 Å². The lowest BCUT2D eigenvalue weighted by Crippen LogP contribution is -2.36. The number of nitrogens with two attached hydrogens (primary N) is 1. The van der Waals surface area contributed by atoms with Crippen molar-refractivity contribution in [1.29, 1.82) is 0 Å². The van der Waals surface area contributed by atoms with Crippen LogP contribution >= 0.6 is 0 Å². The largest absolute Gasteiger partial charge is 0.492 e. The van der Waals surface area contributed by atoms with Crippen molar-refractivity contribution < 1.29 is 9.53 Å². The number of hydrogen-bond donors (Lipinski definition) is 1. The van der Waals surface area contributed by atoms with Gasteiger partial charge in [0.2, 0.25) is 5.91 Å². The number of carbonyl (C=O) groups excluding carboxylic acids is 1. The highest BCUT2D eigenvalue weighted by Gasteiger charge is 2.26. The van der Waals surface area contributed by atoms with Crippen LogP contribution in [-0.2, 0) is 17.6 Å². The number of fused-ring (bicyclic) bond motifs is 1. The molecule has 0 fully saturated rings. The second-order valence-corrected chi connectivity index (χ2v) is 5.64. The van der Waals surface area contributed by atoms with Gasteiger partial charge in [0.1, 0.15) is 12.4 Å². The van der Waals surface area contributed by atoms with Crippen LogP contribution in [0.4, 0.5) is 0 Å². The van der Waals surface area contributed by atoms with Crippen molar-refractivity contribution in [2.45, 2.75) is 39.5 Å². The van der Waals surface area contributed by atoms with Crippen molar-refractivity contribution >= 4 is 5.91 Å². The van der Waals surface area contributed by atoms with E-state index >= 15 is 0 Å². The maximum Gasteiger partial charge on any atom is 0.226 e. The van der Waals surface area contributed by atoms with E-state index in [2.05, 4.69) is 6.07 Å². The number of benzene rings is 1. The SMILES string of the molecule is CC(C)(COc1cccc2c1CCCC2)C(N)=O. The number of carbonyl (C=O) groups is 1. The first-order chi connectivity index (χ1) is 8.50. The molecule has 0 heterocycles. The van der Waals surface area contributed by atoms with Crippen LogP contribution in [0.25, 0.3) is 0 Å². The zero-order valence-electron chi connectivity index (χ0n) is 11.2. The molecule has 1 aliphatic carbocycles. The molecule has 18 heavy (non-hydrogen) atoms. The number of rotatable bonds is 4. The predicted molar refractivity (Wildman–Crippen MR) is 71.6 cm³/mol. The maximum atomic E-state index is 11.3. The first-order valence-corrected chi connectivity index (χ1v) is 6.54. The van der Waals surface area contributed by atoms with E-state index in [1.165, 1.54) is 24.0 Å². The number of ether oxygens (including phenoxy) is 1. The molecular weight excluding hydrogens is 226 g/mol. The molecule has 3 nitrogen and oxygen atoms in total. The molecule has 0 saturated heterocycles. The van der Waals surface area contributed by atoms with E-state index in [9.17, 15) is 4.79 Å². The summed E-state index contributed by atoms with van der Waals surface area (Å²) in [5.74, 6) is 0.592. The van der Waals surface area contributed by atoms with Crippen LogP contribution in [0.15, 0.2) is 18.2 Å².